The number of halogens is 1. The smallest absolute Gasteiger partial charge is 0.247 e. The Kier molecular flexibility index (Phi) is 5.59. The lowest BCUT2D eigenvalue weighted by molar-refractivity contribution is 0.225. The van der Waals surface area contributed by atoms with Crippen LogP contribution in [-0.2, 0) is 0 Å². The van der Waals surface area contributed by atoms with Gasteiger partial charge in [-0.3, -0.25) is 0 Å². The van der Waals surface area contributed by atoms with Crippen molar-refractivity contribution in [3.05, 3.63) is 58.6 Å². The van der Waals surface area contributed by atoms with Crippen molar-refractivity contribution in [3.63, 3.8) is 0 Å². The molecule has 1 aliphatic rings. The number of nitrogens with one attached hydrogen (secondary N) is 1. The first-order valence-electron chi connectivity index (χ1n) is 8.90. The van der Waals surface area contributed by atoms with Gasteiger partial charge in [0.15, 0.2) is 11.9 Å². The number of thioether (sulfide) groups is 1. The molecule has 2 heterocycles. The third-order valence-electron chi connectivity index (χ3n) is 4.21. The molecule has 0 bridgehead atoms. The van der Waals surface area contributed by atoms with Crippen LogP contribution in [0, 0.1) is 0 Å². The molecule has 1 N–H and O–H groups in total. The maximum absolute atomic E-state index is 6.27. The lowest BCUT2D eigenvalue weighted by Crippen LogP contribution is -2.17. The summed E-state index contributed by atoms with van der Waals surface area (Å²) < 4.78 is 7.27. The third kappa shape index (κ3) is 4.09. The number of rotatable bonds is 5. The molecule has 0 amide bonds. The minimum atomic E-state index is -0.366. The van der Waals surface area contributed by atoms with Gasteiger partial charge in [-0.25, -0.2) is 0 Å². The van der Waals surface area contributed by atoms with Crippen molar-refractivity contribution in [2.45, 2.75) is 31.1 Å². The standard InChI is InChI=1S/C20H19BrN4OS/c1-2-3-11-27-20-23-19-17(24-25-20)15-9-4-5-10-16(15)22-18(26-19)13-7-6-8-14(21)12-13/h4-10,12,18,22H,2-3,11H2,1H3/t18-/m1/s1. The second-order valence-corrected chi connectivity index (χ2v) is 8.17. The highest BCUT2D eigenvalue weighted by Gasteiger charge is 2.26. The quantitative estimate of drug-likeness (QED) is 0.404. The lowest BCUT2D eigenvalue weighted by atomic mass is 10.1. The lowest BCUT2D eigenvalue weighted by Gasteiger charge is -2.19. The van der Waals surface area contributed by atoms with Gasteiger partial charge < -0.3 is 10.1 Å². The van der Waals surface area contributed by atoms with Crippen molar-refractivity contribution in [2.24, 2.45) is 0 Å². The molecule has 7 heteroatoms. The van der Waals surface area contributed by atoms with Crippen LogP contribution in [-0.4, -0.2) is 20.9 Å². The van der Waals surface area contributed by atoms with E-state index in [2.05, 4.69) is 43.4 Å². The summed E-state index contributed by atoms with van der Waals surface area (Å²) >= 11 is 5.15. The average molecular weight is 443 g/mol. The zero-order chi connectivity index (χ0) is 18.6. The number of fused-ring (bicyclic) bond motifs is 3. The number of unbranched alkanes of at least 4 members (excludes halogenated alkanes) is 1. The van der Waals surface area contributed by atoms with Gasteiger partial charge in [0.2, 0.25) is 11.0 Å². The molecule has 4 rings (SSSR count). The zero-order valence-electron chi connectivity index (χ0n) is 14.9. The van der Waals surface area contributed by atoms with Gasteiger partial charge in [0.1, 0.15) is 0 Å². The SMILES string of the molecule is CCCCSc1nnc2c(n1)O[C@H](c1cccc(Br)c1)Nc1ccccc1-2. The Morgan fingerprint density at radius 3 is 2.89 bits per heavy atom. The number of para-hydroxylation sites is 1. The molecule has 0 spiro atoms. The van der Waals surface area contributed by atoms with Crippen LogP contribution in [0.1, 0.15) is 31.6 Å². The first-order valence-corrected chi connectivity index (χ1v) is 10.7. The highest BCUT2D eigenvalue weighted by atomic mass is 79.9. The predicted molar refractivity (Wildman–Crippen MR) is 112 cm³/mol. The average Bonchev–Trinajstić information content (AvgIpc) is 2.85. The fourth-order valence-electron chi connectivity index (χ4n) is 2.84. The van der Waals surface area contributed by atoms with Crippen molar-refractivity contribution in [3.8, 4) is 17.1 Å². The first-order chi connectivity index (χ1) is 13.2. The third-order valence-corrected chi connectivity index (χ3v) is 5.63. The molecule has 138 valence electrons. The minimum Gasteiger partial charge on any atom is -0.448 e. The molecule has 0 aliphatic carbocycles. The van der Waals surface area contributed by atoms with E-state index in [1.54, 1.807) is 11.8 Å². The number of hydrogen-bond acceptors (Lipinski definition) is 6. The van der Waals surface area contributed by atoms with Gasteiger partial charge in [-0.05, 0) is 24.6 Å². The van der Waals surface area contributed by atoms with E-state index in [-0.39, 0.29) is 6.23 Å². The molecule has 1 aromatic heterocycles. The van der Waals surface area contributed by atoms with Crippen molar-refractivity contribution >= 4 is 33.4 Å². The van der Waals surface area contributed by atoms with Gasteiger partial charge in [0, 0.05) is 27.0 Å². The van der Waals surface area contributed by atoms with Crippen LogP contribution in [0.3, 0.4) is 0 Å². The molecule has 27 heavy (non-hydrogen) atoms. The van der Waals surface area contributed by atoms with E-state index in [9.17, 15) is 0 Å². The molecular formula is C20H19BrN4OS. The maximum Gasteiger partial charge on any atom is 0.247 e. The van der Waals surface area contributed by atoms with Crippen LogP contribution in [0.25, 0.3) is 11.3 Å². The molecule has 5 nitrogen and oxygen atoms in total. The summed E-state index contributed by atoms with van der Waals surface area (Å²) in [6.07, 6.45) is 1.90. The summed E-state index contributed by atoms with van der Waals surface area (Å²) in [5, 5.41) is 12.9. The topological polar surface area (TPSA) is 59.9 Å². The van der Waals surface area contributed by atoms with Gasteiger partial charge in [0.05, 0.1) is 0 Å². The summed E-state index contributed by atoms with van der Waals surface area (Å²) in [6.45, 7) is 2.17. The second kappa shape index (κ2) is 8.27. The van der Waals surface area contributed by atoms with Gasteiger partial charge >= 0.3 is 0 Å². The highest BCUT2D eigenvalue weighted by Crippen LogP contribution is 2.39. The van der Waals surface area contributed by atoms with E-state index >= 15 is 0 Å². The van der Waals surface area contributed by atoms with Gasteiger partial charge in [-0.1, -0.05) is 71.4 Å². The Labute approximate surface area is 171 Å². The molecular weight excluding hydrogens is 424 g/mol. The molecule has 0 saturated heterocycles. The van der Waals surface area contributed by atoms with Crippen molar-refractivity contribution in [2.75, 3.05) is 11.1 Å². The van der Waals surface area contributed by atoms with E-state index in [1.807, 2.05) is 48.5 Å². The maximum atomic E-state index is 6.27. The molecule has 0 saturated carbocycles. The largest absolute Gasteiger partial charge is 0.448 e. The van der Waals surface area contributed by atoms with Crippen LogP contribution in [0.2, 0.25) is 0 Å². The Bertz CT molecular complexity index is 953. The number of anilines is 1. The van der Waals surface area contributed by atoms with Crippen LogP contribution in [0.4, 0.5) is 5.69 Å². The highest BCUT2D eigenvalue weighted by molar-refractivity contribution is 9.10. The van der Waals surface area contributed by atoms with Crippen LogP contribution in [0.15, 0.2) is 58.2 Å². The number of nitrogens with zero attached hydrogens (tertiary/aromatic N) is 3. The number of aromatic nitrogens is 3. The van der Waals surface area contributed by atoms with E-state index < -0.39 is 0 Å². The fourth-order valence-corrected chi connectivity index (χ4v) is 4.12. The van der Waals surface area contributed by atoms with Crippen LogP contribution >= 0.6 is 27.7 Å². The van der Waals surface area contributed by atoms with E-state index in [1.165, 1.54) is 0 Å². The number of benzene rings is 2. The number of ether oxygens (including phenoxy) is 1. The summed E-state index contributed by atoms with van der Waals surface area (Å²) in [5.74, 6) is 1.48. The molecule has 3 aromatic rings. The fraction of sp³-hybridized carbons (Fsp3) is 0.250. The Hall–Kier alpha value is -2.12. The molecule has 0 radical (unpaired) electrons. The molecule has 0 unspecified atom stereocenters. The van der Waals surface area contributed by atoms with E-state index in [0.29, 0.717) is 16.7 Å². The van der Waals surface area contributed by atoms with Crippen LogP contribution < -0.4 is 10.1 Å². The van der Waals surface area contributed by atoms with Gasteiger partial charge in [0.25, 0.3) is 0 Å². The van der Waals surface area contributed by atoms with E-state index in [4.69, 9.17) is 4.74 Å². The zero-order valence-corrected chi connectivity index (χ0v) is 17.3. The minimum absolute atomic E-state index is 0.366. The van der Waals surface area contributed by atoms with Gasteiger partial charge in [-0.15, -0.1) is 10.2 Å². The summed E-state index contributed by atoms with van der Waals surface area (Å²) in [5.41, 5.74) is 3.56. The normalized spacial score (nSPS) is 15.1. The van der Waals surface area contributed by atoms with Crippen molar-refractivity contribution in [1.82, 2.24) is 15.2 Å². The van der Waals surface area contributed by atoms with Gasteiger partial charge in [-0.2, -0.15) is 4.98 Å². The summed E-state index contributed by atoms with van der Waals surface area (Å²) in [6, 6.07) is 16.1. The molecule has 0 fully saturated rings. The van der Waals surface area contributed by atoms with Crippen molar-refractivity contribution in [1.29, 1.82) is 0 Å². The number of hydrogen-bond donors (Lipinski definition) is 1. The summed E-state index contributed by atoms with van der Waals surface area (Å²) in [4.78, 5) is 4.66. The second-order valence-electron chi connectivity index (χ2n) is 6.19. The Balaban J connectivity index is 1.74. The Morgan fingerprint density at radius 2 is 2.04 bits per heavy atom. The monoisotopic (exact) mass is 442 g/mol. The molecule has 2 aromatic carbocycles. The molecule has 1 atom stereocenters. The first kappa shape index (κ1) is 18.3. The molecule has 1 aliphatic heterocycles. The van der Waals surface area contributed by atoms with Crippen LogP contribution in [0.5, 0.6) is 5.88 Å². The predicted octanol–water partition coefficient (Wildman–Crippen LogP) is 5.70. The van der Waals surface area contributed by atoms with E-state index in [0.717, 1.165) is 39.9 Å². The summed E-state index contributed by atoms with van der Waals surface area (Å²) in [7, 11) is 0. The Morgan fingerprint density at radius 1 is 1.15 bits per heavy atom. The van der Waals surface area contributed by atoms with Crippen molar-refractivity contribution < 1.29 is 4.74 Å².